The predicted molar refractivity (Wildman–Crippen MR) is 145 cm³/mol. The molecule has 7 nitrogen and oxygen atoms in total. The fourth-order valence-corrected chi connectivity index (χ4v) is 4.10. The second-order valence-corrected chi connectivity index (χ2v) is 8.35. The van der Waals surface area contributed by atoms with E-state index >= 15 is 0 Å². The van der Waals surface area contributed by atoms with E-state index < -0.39 is 0 Å². The molecule has 35 heavy (non-hydrogen) atoms. The fraction of sp³-hybridized carbons (Fsp3) is 0.464. The second kappa shape index (κ2) is 15.7. The molecule has 190 valence electrons. The number of carbonyl (C=O) groups is 2. The molecule has 0 bridgehead atoms. The molecule has 7 heteroatoms. The van der Waals surface area contributed by atoms with Crippen LogP contribution in [0.1, 0.15) is 62.9 Å². The van der Waals surface area contributed by atoms with E-state index in [4.69, 9.17) is 0 Å². The Hall–Kier alpha value is -3.19. The highest BCUT2D eigenvalue weighted by Gasteiger charge is 2.23. The third kappa shape index (κ3) is 9.17. The summed E-state index contributed by atoms with van der Waals surface area (Å²) in [6.07, 6.45) is 4.04. The van der Waals surface area contributed by atoms with Crippen LogP contribution in [0.2, 0.25) is 0 Å². The first-order valence-electron chi connectivity index (χ1n) is 12.8. The van der Waals surface area contributed by atoms with Gasteiger partial charge < -0.3 is 10.2 Å². The highest BCUT2D eigenvalue weighted by atomic mass is 16.2. The van der Waals surface area contributed by atoms with Crippen molar-refractivity contribution in [3.05, 3.63) is 65.7 Å². The summed E-state index contributed by atoms with van der Waals surface area (Å²) in [5.41, 5.74) is 5.51. The Morgan fingerprint density at radius 3 is 2.14 bits per heavy atom. The van der Waals surface area contributed by atoms with Gasteiger partial charge in [-0.2, -0.15) is 5.10 Å². The van der Waals surface area contributed by atoms with Crippen molar-refractivity contribution in [2.24, 2.45) is 5.10 Å². The maximum Gasteiger partial charge on any atom is 0.257 e. The molecule has 0 saturated heterocycles. The molecule has 0 aliphatic carbocycles. The summed E-state index contributed by atoms with van der Waals surface area (Å²) >= 11 is 0. The molecule has 2 aromatic carbocycles. The third-order valence-electron chi connectivity index (χ3n) is 6.19. The summed E-state index contributed by atoms with van der Waals surface area (Å²) in [4.78, 5) is 29.5. The number of nitrogens with one attached hydrogen (secondary N) is 2. The van der Waals surface area contributed by atoms with Crippen LogP contribution in [-0.2, 0) is 4.79 Å². The van der Waals surface area contributed by atoms with Crippen molar-refractivity contribution in [3.8, 4) is 0 Å². The van der Waals surface area contributed by atoms with Gasteiger partial charge in [0, 0.05) is 30.9 Å². The minimum atomic E-state index is -0.253. The summed E-state index contributed by atoms with van der Waals surface area (Å²) < 4.78 is 0. The monoisotopic (exact) mass is 479 g/mol. The maximum atomic E-state index is 12.9. The van der Waals surface area contributed by atoms with E-state index in [1.54, 1.807) is 18.3 Å². The van der Waals surface area contributed by atoms with Gasteiger partial charge >= 0.3 is 0 Å². The fourth-order valence-electron chi connectivity index (χ4n) is 4.10. The van der Waals surface area contributed by atoms with Crippen LogP contribution in [0.3, 0.4) is 0 Å². The van der Waals surface area contributed by atoms with E-state index in [-0.39, 0.29) is 17.9 Å². The van der Waals surface area contributed by atoms with Crippen LogP contribution < -0.4 is 15.6 Å². The lowest BCUT2D eigenvalue weighted by Crippen LogP contribution is -2.45. The molecule has 2 amide bonds. The van der Waals surface area contributed by atoms with E-state index in [1.165, 1.54) is 5.69 Å². The van der Waals surface area contributed by atoms with Crippen LogP contribution in [0.25, 0.3) is 0 Å². The number of rotatable bonds is 15. The van der Waals surface area contributed by atoms with Gasteiger partial charge in [0.05, 0.1) is 12.3 Å². The van der Waals surface area contributed by atoms with Crippen molar-refractivity contribution in [2.75, 3.05) is 37.6 Å². The minimum absolute atomic E-state index is 0.0666. The highest BCUT2D eigenvalue weighted by molar-refractivity contribution is 5.94. The van der Waals surface area contributed by atoms with Gasteiger partial charge in [0.25, 0.3) is 11.8 Å². The number of benzene rings is 2. The highest BCUT2D eigenvalue weighted by Crippen LogP contribution is 2.14. The molecule has 2 aromatic rings. The van der Waals surface area contributed by atoms with Crippen molar-refractivity contribution in [1.82, 2.24) is 15.6 Å². The van der Waals surface area contributed by atoms with Crippen LogP contribution in [0, 0.1) is 0 Å². The second-order valence-electron chi connectivity index (χ2n) is 8.35. The van der Waals surface area contributed by atoms with Gasteiger partial charge in [-0.25, -0.2) is 5.43 Å². The molecule has 0 fully saturated rings. The zero-order chi connectivity index (χ0) is 25.5. The van der Waals surface area contributed by atoms with E-state index in [2.05, 4.69) is 65.5 Å². The zero-order valence-electron chi connectivity index (χ0n) is 21.7. The Kier molecular flexibility index (Phi) is 12.6. The Bertz CT molecular complexity index is 907. The third-order valence-corrected chi connectivity index (χ3v) is 6.19. The number of amides is 2. The summed E-state index contributed by atoms with van der Waals surface area (Å²) in [6, 6.07) is 17.1. The Balaban J connectivity index is 1.84. The number of likely N-dealkylation sites (N-methyl/N-ethyl adjacent to an activating group) is 1. The average molecular weight is 480 g/mol. The molecule has 1 unspecified atom stereocenters. The zero-order valence-corrected chi connectivity index (χ0v) is 21.7. The van der Waals surface area contributed by atoms with Gasteiger partial charge in [0.15, 0.2) is 0 Å². The molecule has 0 aliphatic rings. The number of unbranched alkanes of at least 4 members (excludes halogenated alkanes) is 1. The van der Waals surface area contributed by atoms with Gasteiger partial charge in [0.2, 0.25) is 0 Å². The predicted octanol–water partition coefficient (Wildman–Crippen LogP) is 4.29. The summed E-state index contributed by atoms with van der Waals surface area (Å²) in [5.74, 6) is -0.166. The molecular formula is C28H41N5O2. The normalized spacial score (nSPS) is 12.0. The Labute approximate surface area is 210 Å². The molecule has 2 rings (SSSR count). The summed E-state index contributed by atoms with van der Waals surface area (Å²) in [7, 11) is 0. The number of hydrogen-bond acceptors (Lipinski definition) is 5. The lowest BCUT2D eigenvalue weighted by Gasteiger charge is -2.28. The van der Waals surface area contributed by atoms with Crippen LogP contribution in [0.5, 0.6) is 0 Å². The van der Waals surface area contributed by atoms with Crippen molar-refractivity contribution < 1.29 is 9.59 Å². The van der Waals surface area contributed by atoms with Gasteiger partial charge in [-0.05, 0) is 76.0 Å². The van der Waals surface area contributed by atoms with Crippen LogP contribution in [0.4, 0.5) is 5.69 Å². The number of hydrazone groups is 1. The molecule has 0 aliphatic heterocycles. The van der Waals surface area contributed by atoms with Crippen LogP contribution >= 0.6 is 0 Å². The maximum absolute atomic E-state index is 12.9. The topological polar surface area (TPSA) is 77.0 Å². The smallest absolute Gasteiger partial charge is 0.257 e. The standard InChI is InChI=1S/C28H41N5O2/c1-5-32(6-2)25-19-17-23(18-20-25)22-30-31-28(35)26(33(7-3)8-4)16-12-13-21-29-27(34)24-14-10-9-11-15-24/h9-11,14-15,17-20,22,26H,5-8,12-13,16,21H2,1-4H3,(H,29,34)(H,31,35)/b30-22+. The summed E-state index contributed by atoms with van der Waals surface area (Å²) in [5, 5.41) is 7.16. The molecule has 0 heterocycles. The largest absolute Gasteiger partial charge is 0.372 e. The summed E-state index contributed by atoms with van der Waals surface area (Å²) in [6.45, 7) is 12.5. The van der Waals surface area contributed by atoms with Gasteiger partial charge in [-0.15, -0.1) is 0 Å². The lowest BCUT2D eigenvalue weighted by atomic mass is 10.1. The molecule has 2 N–H and O–H groups in total. The first kappa shape index (κ1) is 28.1. The minimum Gasteiger partial charge on any atom is -0.372 e. The van der Waals surface area contributed by atoms with Crippen molar-refractivity contribution in [3.63, 3.8) is 0 Å². The van der Waals surface area contributed by atoms with E-state index in [9.17, 15) is 9.59 Å². The molecule has 0 radical (unpaired) electrons. The Morgan fingerprint density at radius 2 is 1.54 bits per heavy atom. The quantitative estimate of drug-likeness (QED) is 0.227. The first-order chi connectivity index (χ1) is 17.0. The van der Waals surface area contributed by atoms with Gasteiger partial charge in [-0.3, -0.25) is 14.5 Å². The van der Waals surface area contributed by atoms with Crippen LogP contribution in [0.15, 0.2) is 59.7 Å². The van der Waals surface area contributed by atoms with Crippen molar-refractivity contribution >= 4 is 23.7 Å². The SMILES string of the molecule is CCN(CC)c1ccc(/C=N/NC(=O)C(CCCCNC(=O)c2ccccc2)N(CC)CC)cc1. The van der Waals surface area contributed by atoms with E-state index in [0.29, 0.717) is 18.5 Å². The first-order valence-corrected chi connectivity index (χ1v) is 12.8. The van der Waals surface area contributed by atoms with Gasteiger partial charge in [0.1, 0.15) is 0 Å². The number of nitrogens with zero attached hydrogens (tertiary/aromatic N) is 3. The van der Waals surface area contributed by atoms with E-state index in [0.717, 1.165) is 44.6 Å². The van der Waals surface area contributed by atoms with Gasteiger partial charge in [-0.1, -0.05) is 44.2 Å². The van der Waals surface area contributed by atoms with Crippen LogP contribution in [-0.4, -0.2) is 61.7 Å². The molecule has 0 aromatic heterocycles. The Morgan fingerprint density at radius 1 is 0.886 bits per heavy atom. The van der Waals surface area contributed by atoms with Crippen molar-refractivity contribution in [2.45, 2.75) is 53.0 Å². The molecule has 1 atom stereocenters. The number of hydrogen-bond donors (Lipinski definition) is 2. The molecular weight excluding hydrogens is 438 g/mol. The number of anilines is 1. The lowest BCUT2D eigenvalue weighted by molar-refractivity contribution is -0.126. The molecule has 0 spiro atoms. The number of carbonyl (C=O) groups excluding carboxylic acids is 2. The average Bonchev–Trinajstić information content (AvgIpc) is 2.89. The van der Waals surface area contributed by atoms with Crippen molar-refractivity contribution in [1.29, 1.82) is 0 Å². The molecule has 0 saturated carbocycles. The van der Waals surface area contributed by atoms with E-state index in [1.807, 2.05) is 30.3 Å².